The molecular weight excluding hydrogens is 418 g/mol. The molecule has 9 heteroatoms. The molecule has 0 aliphatic carbocycles. The number of amides is 1. The maximum Gasteiger partial charge on any atom is 0.435 e. The molecule has 158 valence electrons. The molecule has 0 atom stereocenters. The molecule has 1 heterocycles. The molecular formula is C21H19F4N3OS. The Morgan fingerprint density at radius 1 is 1.13 bits per heavy atom. The van der Waals surface area contributed by atoms with Crippen LogP contribution in [-0.4, -0.2) is 31.5 Å². The third-order valence-electron chi connectivity index (χ3n) is 4.33. The van der Waals surface area contributed by atoms with E-state index in [1.165, 1.54) is 18.2 Å². The van der Waals surface area contributed by atoms with Crippen LogP contribution in [0.4, 0.5) is 23.2 Å². The van der Waals surface area contributed by atoms with Gasteiger partial charge in [0.25, 0.3) is 5.91 Å². The van der Waals surface area contributed by atoms with Crippen LogP contribution in [0.25, 0.3) is 10.6 Å². The molecule has 2 aromatic carbocycles. The molecule has 30 heavy (non-hydrogen) atoms. The van der Waals surface area contributed by atoms with E-state index in [2.05, 4.69) is 10.3 Å². The summed E-state index contributed by atoms with van der Waals surface area (Å²) >= 11 is 0.525. The zero-order valence-electron chi connectivity index (χ0n) is 16.3. The zero-order chi connectivity index (χ0) is 21.9. The summed E-state index contributed by atoms with van der Waals surface area (Å²) in [7, 11) is 3.80. The molecule has 0 saturated heterocycles. The number of carbonyl (C=O) groups is 1. The van der Waals surface area contributed by atoms with Gasteiger partial charge < -0.3 is 10.2 Å². The van der Waals surface area contributed by atoms with Crippen molar-refractivity contribution in [3.8, 4) is 10.6 Å². The third kappa shape index (κ3) is 4.96. The third-order valence-corrected chi connectivity index (χ3v) is 5.42. The Morgan fingerprint density at radius 3 is 2.53 bits per heavy atom. The van der Waals surface area contributed by atoms with Crippen molar-refractivity contribution in [2.75, 3.05) is 25.5 Å². The molecule has 0 radical (unpaired) electrons. The fourth-order valence-electron chi connectivity index (χ4n) is 2.81. The molecule has 0 aliphatic heterocycles. The molecule has 1 aromatic heterocycles. The fourth-order valence-corrected chi connectivity index (χ4v) is 3.84. The summed E-state index contributed by atoms with van der Waals surface area (Å²) in [5, 5.41) is 2.32. The SMILES string of the molecule is CN(C)c1cccc(CCNC(=O)c2sc(-c3ccccc3F)nc2C(F)(F)F)c1. The number of alkyl halides is 3. The van der Waals surface area contributed by atoms with Crippen molar-refractivity contribution in [2.24, 2.45) is 0 Å². The van der Waals surface area contributed by atoms with Crippen LogP contribution in [-0.2, 0) is 12.6 Å². The lowest BCUT2D eigenvalue weighted by atomic mass is 10.1. The fraction of sp³-hybridized carbons (Fsp3) is 0.238. The van der Waals surface area contributed by atoms with Crippen molar-refractivity contribution in [2.45, 2.75) is 12.6 Å². The van der Waals surface area contributed by atoms with Crippen LogP contribution in [0.2, 0.25) is 0 Å². The van der Waals surface area contributed by atoms with Crippen LogP contribution >= 0.6 is 11.3 Å². The summed E-state index contributed by atoms with van der Waals surface area (Å²) in [6.45, 7) is 0.153. The average Bonchev–Trinajstić information content (AvgIpc) is 3.14. The average molecular weight is 437 g/mol. The van der Waals surface area contributed by atoms with Gasteiger partial charge in [-0.15, -0.1) is 11.3 Å². The Hall–Kier alpha value is -2.94. The van der Waals surface area contributed by atoms with E-state index in [4.69, 9.17) is 0 Å². The Morgan fingerprint density at radius 2 is 1.87 bits per heavy atom. The number of hydrogen-bond acceptors (Lipinski definition) is 4. The molecule has 0 spiro atoms. The Bertz CT molecular complexity index is 1050. The normalized spacial score (nSPS) is 11.4. The summed E-state index contributed by atoms with van der Waals surface area (Å²) in [5.74, 6) is -1.58. The number of thiazole rings is 1. The van der Waals surface area contributed by atoms with Crippen molar-refractivity contribution in [3.05, 3.63) is 70.5 Å². The van der Waals surface area contributed by atoms with E-state index < -0.39 is 28.5 Å². The number of nitrogens with zero attached hydrogens (tertiary/aromatic N) is 2. The van der Waals surface area contributed by atoms with Crippen molar-refractivity contribution in [3.63, 3.8) is 0 Å². The van der Waals surface area contributed by atoms with Gasteiger partial charge in [0.05, 0.1) is 0 Å². The summed E-state index contributed by atoms with van der Waals surface area (Å²) in [6.07, 6.45) is -4.37. The van der Waals surface area contributed by atoms with Gasteiger partial charge in [0.2, 0.25) is 0 Å². The van der Waals surface area contributed by atoms with Gasteiger partial charge in [-0.2, -0.15) is 13.2 Å². The second-order valence-corrected chi connectivity index (χ2v) is 7.74. The van der Waals surface area contributed by atoms with Crippen molar-refractivity contribution >= 4 is 22.9 Å². The topological polar surface area (TPSA) is 45.2 Å². The van der Waals surface area contributed by atoms with Crippen LogP contribution in [0.3, 0.4) is 0 Å². The predicted octanol–water partition coefficient (Wildman–Crippen LogP) is 5.01. The highest BCUT2D eigenvalue weighted by Gasteiger charge is 2.40. The van der Waals surface area contributed by atoms with E-state index in [9.17, 15) is 22.4 Å². The second kappa shape index (κ2) is 8.83. The molecule has 1 amide bonds. The van der Waals surface area contributed by atoms with Gasteiger partial charge in [0, 0.05) is 31.9 Å². The van der Waals surface area contributed by atoms with Gasteiger partial charge in [-0.05, 0) is 36.2 Å². The van der Waals surface area contributed by atoms with E-state index in [1.807, 2.05) is 43.3 Å². The monoisotopic (exact) mass is 437 g/mol. The highest BCUT2D eigenvalue weighted by molar-refractivity contribution is 7.17. The first-order valence-electron chi connectivity index (χ1n) is 9.04. The number of anilines is 1. The molecule has 3 rings (SSSR count). The molecule has 0 saturated carbocycles. The lowest BCUT2D eigenvalue weighted by Gasteiger charge is -2.13. The first-order valence-corrected chi connectivity index (χ1v) is 9.86. The minimum Gasteiger partial charge on any atom is -0.378 e. The maximum absolute atomic E-state index is 14.0. The van der Waals surface area contributed by atoms with Gasteiger partial charge in [-0.3, -0.25) is 4.79 Å². The largest absolute Gasteiger partial charge is 0.435 e. The standard InChI is InChI=1S/C21H19F4N3OS/c1-28(2)14-7-5-6-13(12-14)10-11-26-19(29)17-18(21(23,24)25)27-20(30-17)15-8-3-4-9-16(15)22/h3-9,12H,10-11H2,1-2H3,(H,26,29). The molecule has 3 aromatic rings. The quantitative estimate of drug-likeness (QED) is 0.552. The smallest absolute Gasteiger partial charge is 0.378 e. The van der Waals surface area contributed by atoms with Crippen molar-refractivity contribution < 1.29 is 22.4 Å². The van der Waals surface area contributed by atoms with E-state index in [0.717, 1.165) is 17.3 Å². The second-order valence-electron chi connectivity index (χ2n) is 6.74. The maximum atomic E-state index is 14.0. The molecule has 1 N–H and O–H groups in total. The van der Waals surface area contributed by atoms with Crippen LogP contribution in [0.15, 0.2) is 48.5 Å². The molecule has 0 fully saturated rings. The highest BCUT2D eigenvalue weighted by atomic mass is 32.1. The number of benzene rings is 2. The van der Waals surface area contributed by atoms with Crippen LogP contribution in [0.1, 0.15) is 20.9 Å². The minimum atomic E-state index is -4.83. The van der Waals surface area contributed by atoms with Crippen LogP contribution in [0.5, 0.6) is 0 Å². The van der Waals surface area contributed by atoms with Gasteiger partial charge in [-0.25, -0.2) is 9.37 Å². The van der Waals surface area contributed by atoms with Gasteiger partial charge in [-0.1, -0.05) is 24.3 Å². The Balaban J connectivity index is 1.78. The summed E-state index contributed by atoms with van der Waals surface area (Å²) in [5.41, 5.74) is 0.537. The van der Waals surface area contributed by atoms with Gasteiger partial charge in [0.1, 0.15) is 15.7 Å². The highest BCUT2D eigenvalue weighted by Crippen LogP contribution is 2.38. The molecule has 0 aliphatic rings. The minimum absolute atomic E-state index is 0.0763. The van der Waals surface area contributed by atoms with Gasteiger partial charge in [0.15, 0.2) is 5.69 Å². The number of aromatic nitrogens is 1. The number of halogens is 4. The zero-order valence-corrected chi connectivity index (χ0v) is 17.1. The molecule has 0 bridgehead atoms. The van der Waals surface area contributed by atoms with E-state index in [0.29, 0.717) is 17.8 Å². The van der Waals surface area contributed by atoms with E-state index >= 15 is 0 Å². The van der Waals surface area contributed by atoms with E-state index in [1.54, 1.807) is 0 Å². The summed E-state index contributed by atoms with van der Waals surface area (Å²) in [4.78, 5) is 17.3. The summed E-state index contributed by atoms with van der Waals surface area (Å²) in [6, 6.07) is 13.0. The lowest BCUT2D eigenvalue weighted by Crippen LogP contribution is -2.27. The van der Waals surface area contributed by atoms with E-state index in [-0.39, 0.29) is 17.1 Å². The number of nitrogens with one attached hydrogen (secondary N) is 1. The van der Waals surface area contributed by atoms with Crippen LogP contribution in [0, 0.1) is 5.82 Å². The number of carbonyl (C=O) groups excluding carboxylic acids is 1. The Kier molecular flexibility index (Phi) is 6.40. The number of rotatable bonds is 6. The van der Waals surface area contributed by atoms with Crippen molar-refractivity contribution in [1.29, 1.82) is 0 Å². The Labute approximate surface area is 175 Å². The number of hydrogen-bond donors (Lipinski definition) is 1. The predicted molar refractivity (Wildman–Crippen MR) is 109 cm³/mol. The molecule has 0 unspecified atom stereocenters. The summed E-state index contributed by atoms with van der Waals surface area (Å²) < 4.78 is 54.2. The van der Waals surface area contributed by atoms with Crippen molar-refractivity contribution in [1.82, 2.24) is 10.3 Å². The van der Waals surface area contributed by atoms with Crippen LogP contribution < -0.4 is 10.2 Å². The lowest BCUT2D eigenvalue weighted by molar-refractivity contribution is -0.141. The first kappa shape index (κ1) is 21.8. The molecule has 4 nitrogen and oxygen atoms in total. The first-order chi connectivity index (χ1) is 14.2. The van der Waals surface area contributed by atoms with Gasteiger partial charge >= 0.3 is 6.18 Å².